The molecule has 1 rings (SSSR count). The molecule has 0 aromatic rings. The molecule has 0 bridgehead atoms. The number of rotatable bonds is 8. The third-order valence-corrected chi connectivity index (χ3v) is 2.89. The summed E-state index contributed by atoms with van der Waals surface area (Å²) in [5.74, 6) is 0.239. The van der Waals surface area contributed by atoms with Crippen molar-refractivity contribution in [1.82, 2.24) is 4.90 Å². The van der Waals surface area contributed by atoms with Crippen molar-refractivity contribution < 1.29 is 9.90 Å². The van der Waals surface area contributed by atoms with Crippen LogP contribution in [0.1, 0.15) is 51.9 Å². The number of nitrogens with zero attached hydrogens (tertiary/aromatic N) is 1. The average molecular weight is 213 g/mol. The number of unbranched alkanes of at least 4 members (excludes halogenated alkanes) is 3. The average Bonchev–Trinajstić information content (AvgIpc) is 3.04. The molecule has 1 aliphatic carbocycles. The van der Waals surface area contributed by atoms with E-state index in [0.29, 0.717) is 19.0 Å². The topological polar surface area (TPSA) is 40.5 Å². The van der Waals surface area contributed by atoms with Crippen molar-refractivity contribution >= 4 is 5.91 Å². The Labute approximate surface area is 92.5 Å². The second-order valence-corrected chi connectivity index (χ2v) is 4.35. The van der Waals surface area contributed by atoms with Crippen LogP contribution in [0, 0.1) is 0 Å². The van der Waals surface area contributed by atoms with Crippen LogP contribution in [0.5, 0.6) is 0 Å². The first-order valence-electron chi connectivity index (χ1n) is 6.20. The van der Waals surface area contributed by atoms with E-state index in [-0.39, 0.29) is 12.5 Å². The van der Waals surface area contributed by atoms with E-state index in [9.17, 15) is 4.79 Å². The Morgan fingerprint density at radius 1 is 1.33 bits per heavy atom. The second-order valence-electron chi connectivity index (χ2n) is 4.35. The second kappa shape index (κ2) is 6.83. The fourth-order valence-corrected chi connectivity index (χ4v) is 1.85. The lowest BCUT2D eigenvalue weighted by atomic mass is 10.1. The Bertz CT molecular complexity index is 190. The van der Waals surface area contributed by atoms with Gasteiger partial charge in [0.05, 0.1) is 6.61 Å². The maximum Gasteiger partial charge on any atom is 0.222 e. The van der Waals surface area contributed by atoms with Gasteiger partial charge in [-0.25, -0.2) is 0 Å². The van der Waals surface area contributed by atoms with E-state index in [1.165, 1.54) is 12.8 Å². The molecule has 0 aromatic carbocycles. The van der Waals surface area contributed by atoms with E-state index < -0.39 is 0 Å². The molecule has 1 amide bonds. The normalized spacial score (nSPS) is 15.3. The molecule has 3 heteroatoms. The number of carbonyl (C=O) groups is 1. The van der Waals surface area contributed by atoms with Crippen LogP contribution < -0.4 is 0 Å². The summed E-state index contributed by atoms with van der Waals surface area (Å²) in [5.41, 5.74) is 0. The summed E-state index contributed by atoms with van der Waals surface area (Å²) in [6, 6.07) is 0.441. The first-order valence-corrected chi connectivity index (χ1v) is 6.20. The van der Waals surface area contributed by atoms with Gasteiger partial charge in [-0.15, -0.1) is 0 Å². The minimum Gasteiger partial charge on any atom is -0.395 e. The number of aliphatic hydroxyl groups is 1. The summed E-state index contributed by atoms with van der Waals surface area (Å²) < 4.78 is 0. The molecule has 15 heavy (non-hydrogen) atoms. The molecule has 1 saturated carbocycles. The highest BCUT2D eigenvalue weighted by Crippen LogP contribution is 2.27. The molecule has 3 nitrogen and oxygen atoms in total. The lowest BCUT2D eigenvalue weighted by molar-refractivity contribution is -0.132. The highest BCUT2D eigenvalue weighted by atomic mass is 16.3. The highest BCUT2D eigenvalue weighted by molar-refractivity contribution is 5.76. The first-order chi connectivity index (χ1) is 7.29. The maximum atomic E-state index is 11.8. The quantitative estimate of drug-likeness (QED) is 0.626. The zero-order chi connectivity index (χ0) is 11.1. The Morgan fingerprint density at radius 3 is 2.60 bits per heavy atom. The number of hydrogen-bond acceptors (Lipinski definition) is 2. The summed E-state index contributed by atoms with van der Waals surface area (Å²) in [7, 11) is 0. The van der Waals surface area contributed by atoms with E-state index in [4.69, 9.17) is 5.11 Å². The number of aliphatic hydroxyl groups excluding tert-OH is 1. The monoisotopic (exact) mass is 213 g/mol. The standard InChI is InChI=1S/C12H23NO2/c1-2-3-4-5-6-12(15)13(9-10-14)11-7-8-11/h11,14H,2-10H2,1H3. The van der Waals surface area contributed by atoms with E-state index in [1.54, 1.807) is 0 Å². The zero-order valence-electron chi connectivity index (χ0n) is 9.74. The van der Waals surface area contributed by atoms with Gasteiger partial charge in [-0.3, -0.25) is 4.79 Å². The number of hydrogen-bond donors (Lipinski definition) is 1. The Morgan fingerprint density at radius 2 is 2.07 bits per heavy atom. The highest BCUT2D eigenvalue weighted by Gasteiger charge is 2.31. The summed E-state index contributed by atoms with van der Waals surface area (Å²) in [4.78, 5) is 13.7. The van der Waals surface area contributed by atoms with E-state index >= 15 is 0 Å². The molecule has 0 aliphatic heterocycles. The summed E-state index contributed by atoms with van der Waals surface area (Å²) >= 11 is 0. The maximum absolute atomic E-state index is 11.8. The van der Waals surface area contributed by atoms with Gasteiger partial charge in [0.1, 0.15) is 0 Å². The van der Waals surface area contributed by atoms with Crippen molar-refractivity contribution in [3.05, 3.63) is 0 Å². The van der Waals surface area contributed by atoms with Crippen molar-refractivity contribution in [2.75, 3.05) is 13.2 Å². The Kier molecular flexibility index (Phi) is 5.69. The predicted molar refractivity (Wildman–Crippen MR) is 60.6 cm³/mol. The van der Waals surface area contributed by atoms with Gasteiger partial charge in [0.15, 0.2) is 0 Å². The molecule has 1 N–H and O–H groups in total. The summed E-state index contributed by atoms with van der Waals surface area (Å²) in [6.45, 7) is 2.79. The number of carbonyl (C=O) groups excluding carboxylic acids is 1. The SMILES string of the molecule is CCCCCCC(=O)N(CCO)C1CC1. The van der Waals surface area contributed by atoms with Crippen LogP contribution >= 0.6 is 0 Å². The molecule has 0 aromatic heterocycles. The van der Waals surface area contributed by atoms with E-state index in [2.05, 4.69) is 6.92 Å². The van der Waals surface area contributed by atoms with E-state index in [0.717, 1.165) is 25.7 Å². The molecular formula is C12H23NO2. The van der Waals surface area contributed by atoms with Crippen LogP contribution in [0.15, 0.2) is 0 Å². The predicted octanol–water partition coefficient (Wildman–Crippen LogP) is 1.94. The van der Waals surface area contributed by atoms with Crippen LogP contribution in [0.3, 0.4) is 0 Å². The largest absolute Gasteiger partial charge is 0.395 e. The molecule has 0 atom stereocenters. The fourth-order valence-electron chi connectivity index (χ4n) is 1.85. The fraction of sp³-hybridized carbons (Fsp3) is 0.917. The molecule has 0 unspecified atom stereocenters. The third-order valence-electron chi connectivity index (χ3n) is 2.89. The van der Waals surface area contributed by atoms with Crippen LogP contribution in [0.25, 0.3) is 0 Å². The van der Waals surface area contributed by atoms with Gasteiger partial charge in [0, 0.05) is 19.0 Å². The summed E-state index contributed by atoms with van der Waals surface area (Å²) in [6.07, 6.45) is 7.49. The smallest absolute Gasteiger partial charge is 0.222 e. The van der Waals surface area contributed by atoms with Crippen molar-refractivity contribution in [2.24, 2.45) is 0 Å². The van der Waals surface area contributed by atoms with Gasteiger partial charge in [-0.1, -0.05) is 26.2 Å². The van der Waals surface area contributed by atoms with Crippen molar-refractivity contribution in [3.8, 4) is 0 Å². The molecule has 0 heterocycles. The van der Waals surface area contributed by atoms with Crippen LogP contribution in [-0.2, 0) is 4.79 Å². The minimum absolute atomic E-state index is 0.0944. The van der Waals surface area contributed by atoms with Gasteiger partial charge in [-0.2, -0.15) is 0 Å². The van der Waals surface area contributed by atoms with Crippen LogP contribution in [-0.4, -0.2) is 35.1 Å². The molecule has 1 fully saturated rings. The Balaban J connectivity index is 2.17. The lowest BCUT2D eigenvalue weighted by Crippen LogP contribution is -2.35. The summed E-state index contributed by atoms with van der Waals surface area (Å²) in [5, 5.41) is 8.88. The molecule has 0 radical (unpaired) electrons. The minimum atomic E-state index is 0.0944. The molecule has 88 valence electrons. The molecular weight excluding hydrogens is 190 g/mol. The van der Waals surface area contributed by atoms with Gasteiger partial charge < -0.3 is 10.0 Å². The third kappa shape index (κ3) is 4.65. The van der Waals surface area contributed by atoms with Crippen LogP contribution in [0.2, 0.25) is 0 Å². The molecule has 1 aliphatic rings. The zero-order valence-corrected chi connectivity index (χ0v) is 9.74. The first kappa shape index (κ1) is 12.5. The van der Waals surface area contributed by atoms with Gasteiger partial charge in [0.2, 0.25) is 5.91 Å². The molecule has 0 saturated heterocycles. The molecule has 0 spiro atoms. The van der Waals surface area contributed by atoms with Crippen molar-refractivity contribution in [1.29, 1.82) is 0 Å². The van der Waals surface area contributed by atoms with Crippen LogP contribution in [0.4, 0.5) is 0 Å². The van der Waals surface area contributed by atoms with Gasteiger partial charge in [-0.05, 0) is 19.3 Å². The van der Waals surface area contributed by atoms with E-state index in [1.807, 2.05) is 4.90 Å². The van der Waals surface area contributed by atoms with Gasteiger partial charge >= 0.3 is 0 Å². The van der Waals surface area contributed by atoms with Crippen molar-refractivity contribution in [3.63, 3.8) is 0 Å². The Hall–Kier alpha value is -0.570. The van der Waals surface area contributed by atoms with Gasteiger partial charge in [0.25, 0.3) is 0 Å². The van der Waals surface area contributed by atoms with Crippen molar-refractivity contribution in [2.45, 2.75) is 57.9 Å². The lowest BCUT2D eigenvalue weighted by Gasteiger charge is -2.21. The number of amides is 1.